The molecule has 19 heavy (non-hydrogen) atoms. The SMILES string of the molecule is COc1cc(CO)ccc1CNCCCS(=O)(=O)O. The van der Waals surface area contributed by atoms with Gasteiger partial charge in [-0.05, 0) is 24.6 Å². The first-order chi connectivity index (χ1) is 8.96. The Kier molecular flexibility index (Phi) is 6.23. The smallest absolute Gasteiger partial charge is 0.264 e. The van der Waals surface area contributed by atoms with Gasteiger partial charge in [-0.3, -0.25) is 4.55 Å². The van der Waals surface area contributed by atoms with Crippen LogP contribution in [0.5, 0.6) is 5.75 Å². The molecule has 0 fully saturated rings. The Morgan fingerprint density at radius 1 is 1.37 bits per heavy atom. The van der Waals surface area contributed by atoms with Gasteiger partial charge in [0.25, 0.3) is 10.1 Å². The molecule has 1 aromatic carbocycles. The molecule has 0 spiro atoms. The fourth-order valence-corrected chi connectivity index (χ4v) is 2.15. The van der Waals surface area contributed by atoms with Gasteiger partial charge in [0.15, 0.2) is 0 Å². The van der Waals surface area contributed by atoms with Crippen LogP contribution in [0.25, 0.3) is 0 Å². The van der Waals surface area contributed by atoms with Crippen LogP contribution in [0, 0.1) is 0 Å². The zero-order valence-electron chi connectivity index (χ0n) is 10.8. The molecule has 0 aliphatic heterocycles. The van der Waals surface area contributed by atoms with Gasteiger partial charge >= 0.3 is 0 Å². The third kappa shape index (κ3) is 6.02. The number of rotatable bonds is 8. The van der Waals surface area contributed by atoms with Crippen molar-refractivity contribution in [1.29, 1.82) is 0 Å². The molecular formula is C12H19NO5S. The Morgan fingerprint density at radius 2 is 2.11 bits per heavy atom. The molecule has 3 N–H and O–H groups in total. The molecule has 1 rings (SSSR count). The summed E-state index contributed by atoms with van der Waals surface area (Å²) in [6.45, 7) is 0.962. The minimum atomic E-state index is -3.88. The van der Waals surface area contributed by atoms with E-state index in [0.29, 0.717) is 25.3 Å². The molecular weight excluding hydrogens is 270 g/mol. The number of nitrogens with one attached hydrogen (secondary N) is 1. The lowest BCUT2D eigenvalue weighted by Crippen LogP contribution is -2.18. The van der Waals surface area contributed by atoms with E-state index in [2.05, 4.69) is 5.32 Å². The normalized spacial score (nSPS) is 11.5. The van der Waals surface area contributed by atoms with Crippen LogP contribution in [-0.2, 0) is 23.3 Å². The maximum Gasteiger partial charge on any atom is 0.264 e. The molecule has 0 saturated carbocycles. The van der Waals surface area contributed by atoms with Gasteiger partial charge < -0.3 is 15.2 Å². The summed E-state index contributed by atoms with van der Waals surface area (Å²) in [6.07, 6.45) is 0.343. The standard InChI is InChI=1S/C12H19NO5S/c1-18-12-7-10(9-14)3-4-11(12)8-13-5-2-6-19(15,16)17/h3-4,7,13-14H,2,5-6,8-9H2,1H3,(H,15,16,17). The lowest BCUT2D eigenvalue weighted by atomic mass is 10.1. The summed E-state index contributed by atoms with van der Waals surface area (Å²) in [7, 11) is -2.33. The third-order valence-corrected chi connectivity index (χ3v) is 3.41. The first kappa shape index (κ1) is 15.9. The minimum absolute atomic E-state index is 0.0432. The predicted molar refractivity (Wildman–Crippen MR) is 71.7 cm³/mol. The number of ether oxygens (including phenoxy) is 1. The van der Waals surface area contributed by atoms with Crippen molar-refractivity contribution in [2.45, 2.75) is 19.6 Å². The van der Waals surface area contributed by atoms with Gasteiger partial charge in [0.2, 0.25) is 0 Å². The zero-order chi connectivity index (χ0) is 14.3. The average Bonchev–Trinajstić information content (AvgIpc) is 2.37. The summed E-state index contributed by atoms with van der Waals surface area (Å²) in [5.41, 5.74) is 1.69. The zero-order valence-corrected chi connectivity index (χ0v) is 11.6. The van der Waals surface area contributed by atoms with Crippen LogP contribution in [0.4, 0.5) is 0 Å². The molecule has 0 saturated heterocycles. The van der Waals surface area contributed by atoms with E-state index in [1.54, 1.807) is 19.2 Å². The van der Waals surface area contributed by atoms with Gasteiger partial charge in [0, 0.05) is 12.1 Å². The van der Waals surface area contributed by atoms with Crippen LogP contribution in [0.2, 0.25) is 0 Å². The van der Waals surface area contributed by atoms with E-state index < -0.39 is 10.1 Å². The summed E-state index contributed by atoms with van der Waals surface area (Å²) in [4.78, 5) is 0. The number of methoxy groups -OCH3 is 1. The molecule has 0 aromatic heterocycles. The van der Waals surface area contributed by atoms with Gasteiger partial charge in [-0.1, -0.05) is 12.1 Å². The first-order valence-corrected chi connectivity index (χ1v) is 7.49. The van der Waals surface area contributed by atoms with Gasteiger partial charge in [0.05, 0.1) is 19.5 Å². The Labute approximate surface area is 113 Å². The Hall–Kier alpha value is -1.15. The molecule has 0 amide bonds. The highest BCUT2D eigenvalue weighted by atomic mass is 32.2. The van der Waals surface area contributed by atoms with Gasteiger partial charge in [-0.15, -0.1) is 0 Å². The van der Waals surface area contributed by atoms with Crippen LogP contribution in [0.1, 0.15) is 17.5 Å². The molecule has 1 aromatic rings. The molecule has 0 heterocycles. The molecule has 0 atom stereocenters. The minimum Gasteiger partial charge on any atom is -0.496 e. The Bertz CT molecular complexity index is 501. The molecule has 0 aliphatic carbocycles. The van der Waals surface area contributed by atoms with E-state index in [-0.39, 0.29) is 12.4 Å². The van der Waals surface area contributed by atoms with Crippen molar-refractivity contribution in [3.05, 3.63) is 29.3 Å². The third-order valence-electron chi connectivity index (χ3n) is 2.61. The number of benzene rings is 1. The van der Waals surface area contributed by atoms with Crippen molar-refractivity contribution in [2.24, 2.45) is 0 Å². The van der Waals surface area contributed by atoms with Crippen molar-refractivity contribution in [3.8, 4) is 5.75 Å². The second-order valence-corrected chi connectivity index (χ2v) is 5.69. The fourth-order valence-electron chi connectivity index (χ4n) is 1.64. The second-order valence-electron chi connectivity index (χ2n) is 4.12. The number of aliphatic hydroxyl groups excluding tert-OH is 1. The largest absolute Gasteiger partial charge is 0.496 e. The summed E-state index contributed by atoms with van der Waals surface area (Å²) < 4.78 is 34.8. The van der Waals surface area contributed by atoms with Gasteiger partial charge in [-0.2, -0.15) is 8.42 Å². The van der Waals surface area contributed by atoms with Crippen LogP contribution in [0.3, 0.4) is 0 Å². The monoisotopic (exact) mass is 289 g/mol. The quantitative estimate of drug-likeness (QED) is 0.478. The van der Waals surface area contributed by atoms with E-state index in [9.17, 15) is 8.42 Å². The number of hydrogen-bond donors (Lipinski definition) is 3. The maximum atomic E-state index is 10.5. The van der Waals surface area contributed by atoms with Crippen molar-refractivity contribution in [1.82, 2.24) is 5.32 Å². The Morgan fingerprint density at radius 3 is 2.68 bits per heavy atom. The molecule has 0 aliphatic rings. The Balaban J connectivity index is 2.45. The number of hydrogen-bond acceptors (Lipinski definition) is 5. The van der Waals surface area contributed by atoms with E-state index in [0.717, 1.165) is 11.1 Å². The van der Waals surface area contributed by atoms with Crippen LogP contribution < -0.4 is 10.1 Å². The molecule has 108 valence electrons. The predicted octanol–water partition coefficient (Wildman–Crippen LogP) is 0.555. The van der Waals surface area contributed by atoms with Crippen LogP contribution in [0.15, 0.2) is 18.2 Å². The summed E-state index contributed by atoms with van der Waals surface area (Å²) >= 11 is 0. The van der Waals surface area contributed by atoms with Crippen molar-refractivity contribution < 1.29 is 22.8 Å². The molecule has 6 nitrogen and oxygen atoms in total. The number of aliphatic hydroxyl groups is 1. The van der Waals surface area contributed by atoms with Crippen LogP contribution >= 0.6 is 0 Å². The highest BCUT2D eigenvalue weighted by Gasteiger charge is 2.05. The highest BCUT2D eigenvalue weighted by Crippen LogP contribution is 2.20. The summed E-state index contributed by atoms with van der Waals surface area (Å²) in [5, 5.41) is 12.1. The summed E-state index contributed by atoms with van der Waals surface area (Å²) in [6, 6.07) is 5.41. The average molecular weight is 289 g/mol. The van der Waals surface area contributed by atoms with E-state index in [1.165, 1.54) is 0 Å². The maximum absolute atomic E-state index is 10.5. The second kappa shape index (κ2) is 7.44. The van der Waals surface area contributed by atoms with Crippen molar-refractivity contribution in [2.75, 3.05) is 19.4 Å². The lowest BCUT2D eigenvalue weighted by molar-refractivity contribution is 0.281. The van der Waals surface area contributed by atoms with E-state index in [1.807, 2.05) is 6.07 Å². The molecule has 7 heteroatoms. The first-order valence-electron chi connectivity index (χ1n) is 5.89. The van der Waals surface area contributed by atoms with Gasteiger partial charge in [-0.25, -0.2) is 0 Å². The lowest BCUT2D eigenvalue weighted by Gasteiger charge is -2.10. The van der Waals surface area contributed by atoms with Gasteiger partial charge in [0.1, 0.15) is 5.75 Å². The molecule has 0 radical (unpaired) electrons. The highest BCUT2D eigenvalue weighted by molar-refractivity contribution is 7.85. The summed E-state index contributed by atoms with van der Waals surface area (Å²) in [5.74, 6) is 0.425. The van der Waals surface area contributed by atoms with E-state index >= 15 is 0 Å². The molecule has 0 bridgehead atoms. The van der Waals surface area contributed by atoms with Crippen molar-refractivity contribution in [3.63, 3.8) is 0 Å². The topological polar surface area (TPSA) is 95.9 Å². The van der Waals surface area contributed by atoms with Crippen molar-refractivity contribution >= 4 is 10.1 Å². The van der Waals surface area contributed by atoms with E-state index in [4.69, 9.17) is 14.4 Å². The molecule has 0 unspecified atom stereocenters. The van der Waals surface area contributed by atoms with Crippen LogP contribution in [-0.4, -0.2) is 37.5 Å². The fraction of sp³-hybridized carbons (Fsp3) is 0.500.